The van der Waals surface area contributed by atoms with Crippen LogP contribution in [0.3, 0.4) is 0 Å². The van der Waals surface area contributed by atoms with Crippen molar-refractivity contribution in [3.63, 3.8) is 0 Å². The normalized spacial score (nSPS) is 16.6. The van der Waals surface area contributed by atoms with Crippen LogP contribution in [0.15, 0.2) is 18.2 Å². The summed E-state index contributed by atoms with van der Waals surface area (Å²) < 4.78 is 5.28. The largest absolute Gasteiger partial charge is 0.370 e. The standard InChI is InChI=1S/C14H20N2O2/c1-11-3-4-13(12(2)9-11)15-14(17)10-16-5-7-18-8-6-16/h3-4,9H,5-8,10H2,1-2H3,(H,15,17)/p+1. The van der Waals surface area contributed by atoms with E-state index in [-0.39, 0.29) is 5.91 Å². The van der Waals surface area contributed by atoms with Gasteiger partial charge >= 0.3 is 0 Å². The SMILES string of the molecule is Cc1ccc(NC(=O)C[NH+]2CCOCC2)c(C)c1. The van der Waals surface area contributed by atoms with Gasteiger partial charge in [0.1, 0.15) is 13.1 Å². The molecular formula is C14H21N2O2+. The molecule has 0 aliphatic carbocycles. The molecule has 1 heterocycles. The van der Waals surface area contributed by atoms with Crippen molar-refractivity contribution in [2.75, 3.05) is 38.2 Å². The van der Waals surface area contributed by atoms with Crippen molar-refractivity contribution in [1.29, 1.82) is 0 Å². The van der Waals surface area contributed by atoms with Gasteiger partial charge in [0.05, 0.1) is 13.2 Å². The summed E-state index contributed by atoms with van der Waals surface area (Å²) in [4.78, 5) is 13.2. The molecule has 4 heteroatoms. The summed E-state index contributed by atoms with van der Waals surface area (Å²) in [6.07, 6.45) is 0. The maximum absolute atomic E-state index is 11.9. The zero-order chi connectivity index (χ0) is 13.0. The summed E-state index contributed by atoms with van der Waals surface area (Å²) in [5, 5.41) is 2.98. The van der Waals surface area contributed by atoms with E-state index in [1.54, 1.807) is 0 Å². The van der Waals surface area contributed by atoms with Crippen molar-refractivity contribution < 1.29 is 14.4 Å². The van der Waals surface area contributed by atoms with Gasteiger partial charge in [0.25, 0.3) is 5.91 Å². The molecule has 18 heavy (non-hydrogen) atoms. The second-order valence-corrected chi connectivity index (χ2v) is 4.91. The monoisotopic (exact) mass is 249 g/mol. The number of carbonyl (C=O) groups is 1. The number of hydrogen-bond donors (Lipinski definition) is 2. The van der Waals surface area contributed by atoms with Crippen molar-refractivity contribution in [1.82, 2.24) is 0 Å². The highest BCUT2D eigenvalue weighted by molar-refractivity contribution is 5.92. The number of hydrogen-bond acceptors (Lipinski definition) is 2. The van der Waals surface area contributed by atoms with Gasteiger partial charge in [-0.2, -0.15) is 0 Å². The number of amides is 1. The lowest BCUT2D eigenvalue weighted by atomic mass is 10.1. The number of ether oxygens (including phenoxy) is 1. The molecule has 1 aliphatic rings. The molecule has 0 aromatic heterocycles. The zero-order valence-electron chi connectivity index (χ0n) is 11.1. The van der Waals surface area contributed by atoms with Gasteiger partial charge in [-0.3, -0.25) is 4.79 Å². The number of benzene rings is 1. The van der Waals surface area contributed by atoms with Crippen LogP contribution >= 0.6 is 0 Å². The number of aryl methyl sites for hydroxylation is 2. The summed E-state index contributed by atoms with van der Waals surface area (Å²) in [6.45, 7) is 7.94. The highest BCUT2D eigenvalue weighted by Crippen LogP contribution is 2.15. The van der Waals surface area contributed by atoms with Gasteiger partial charge in [-0.05, 0) is 25.5 Å². The lowest BCUT2D eigenvalue weighted by Crippen LogP contribution is -3.15. The smallest absolute Gasteiger partial charge is 0.279 e. The van der Waals surface area contributed by atoms with Crippen LogP contribution in [0.1, 0.15) is 11.1 Å². The Morgan fingerprint density at radius 2 is 2.06 bits per heavy atom. The van der Waals surface area contributed by atoms with E-state index >= 15 is 0 Å². The number of quaternary nitrogens is 1. The fourth-order valence-electron chi connectivity index (χ4n) is 2.21. The Hall–Kier alpha value is -1.39. The Kier molecular flexibility index (Phi) is 4.33. The molecule has 1 fully saturated rings. The van der Waals surface area contributed by atoms with E-state index < -0.39 is 0 Å². The van der Waals surface area contributed by atoms with E-state index in [0.29, 0.717) is 6.54 Å². The van der Waals surface area contributed by atoms with E-state index in [1.165, 1.54) is 10.5 Å². The molecule has 2 rings (SSSR count). The molecular weight excluding hydrogens is 228 g/mol. The van der Waals surface area contributed by atoms with Gasteiger partial charge in [-0.25, -0.2) is 0 Å². The van der Waals surface area contributed by atoms with Crippen molar-refractivity contribution in [2.45, 2.75) is 13.8 Å². The lowest BCUT2D eigenvalue weighted by Gasteiger charge is -2.23. The van der Waals surface area contributed by atoms with Crippen LogP contribution in [-0.2, 0) is 9.53 Å². The molecule has 0 unspecified atom stereocenters. The van der Waals surface area contributed by atoms with Crippen molar-refractivity contribution in [2.24, 2.45) is 0 Å². The second-order valence-electron chi connectivity index (χ2n) is 4.91. The van der Waals surface area contributed by atoms with Crippen LogP contribution in [0.4, 0.5) is 5.69 Å². The number of carbonyl (C=O) groups excluding carboxylic acids is 1. The van der Waals surface area contributed by atoms with Gasteiger partial charge in [0, 0.05) is 5.69 Å². The first-order valence-corrected chi connectivity index (χ1v) is 6.43. The van der Waals surface area contributed by atoms with Gasteiger partial charge in [-0.15, -0.1) is 0 Å². The minimum atomic E-state index is 0.0823. The third-order valence-corrected chi connectivity index (χ3v) is 3.27. The molecule has 4 nitrogen and oxygen atoms in total. The Bertz CT molecular complexity index is 426. The first-order valence-electron chi connectivity index (χ1n) is 6.43. The van der Waals surface area contributed by atoms with Gasteiger partial charge in [0.15, 0.2) is 6.54 Å². The Morgan fingerprint density at radius 3 is 2.72 bits per heavy atom. The fraction of sp³-hybridized carbons (Fsp3) is 0.500. The van der Waals surface area contributed by atoms with E-state index in [0.717, 1.165) is 37.6 Å². The van der Waals surface area contributed by atoms with Gasteiger partial charge in [0.2, 0.25) is 0 Å². The van der Waals surface area contributed by atoms with Crippen LogP contribution in [0.25, 0.3) is 0 Å². The minimum absolute atomic E-state index is 0.0823. The van der Waals surface area contributed by atoms with Crippen LogP contribution in [-0.4, -0.2) is 38.8 Å². The van der Waals surface area contributed by atoms with Crippen LogP contribution in [0, 0.1) is 13.8 Å². The molecule has 1 aliphatic heterocycles. The van der Waals surface area contributed by atoms with Gasteiger partial charge < -0.3 is 15.0 Å². The molecule has 1 amide bonds. The first-order chi connectivity index (χ1) is 8.65. The molecule has 2 N–H and O–H groups in total. The van der Waals surface area contributed by atoms with E-state index in [1.807, 2.05) is 19.1 Å². The summed E-state index contributed by atoms with van der Waals surface area (Å²) in [5.41, 5.74) is 3.24. The number of morpholine rings is 1. The maximum atomic E-state index is 11.9. The number of rotatable bonds is 3. The van der Waals surface area contributed by atoms with E-state index in [4.69, 9.17) is 4.74 Å². The van der Waals surface area contributed by atoms with Crippen molar-refractivity contribution in [3.8, 4) is 0 Å². The third-order valence-electron chi connectivity index (χ3n) is 3.27. The Labute approximate surface area is 108 Å². The Morgan fingerprint density at radius 1 is 1.33 bits per heavy atom. The van der Waals surface area contributed by atoms with Crippen LogP contribution in [0.5, 0.6) is 0 Å². The average molecular weight is 249 g/mol. The highest BCUT2D eigenvalue weighted by atomic mass is 16.5. The molecule has 1 aromatic carbocycles. The molecule has 0 bridgehead atoms. The Balaban J connectivity index is 1.90. The summed E-state index contributed by atoms with van der Waals surface area (Å²) in [6, 6.07) is 6.07. The van der Waals surface area contributed by atoms with Crippen molar-refractivity contribution >= 4 is 11.6 Å². The van der Waals surface area contributed by atoms with Gasteiger partial charge in [-0.1, -0.05) is 17.7 Å². The van der Waals surface area contributed by atoms with Crippen LogP contribution in [0.2, 0.25) is 0 Å². The summed E-state index contributed by atoms with van der Waals surface area (Å²) >= 11 is 0. The maximum Gasteiger partial charge on any atom is 0.279 e. The summed E-state index contributed by atoms with van der Waals surface area (Å²) in [7, 11) is 0. The predicted molar refractivity (Wildman–Crippen MR) is 70.9 cm³/mol. The number of anilines is 1. The molecule has 0 radical (unpaired) electrons. The fourth-order valence-corrected chi connectivity index (χ4v) is 2.21. The van der Waals surface area contributed by atoms with Crippen molar-refractivity contribution in [3.05, 3.63) is 29.3 Å². The predicted octanol–water partition coefficient (Wildman–Crippen LogP) is 0.157. The third kappa shape index (κ3) is 3.55. The summed E-state index contributed by atoms with van der Waals surface area (Å²) in [5.74, 6) is 0.0823. The molecule has 0 spiro atoms. The topological polar surface area (TPSA) is 42.8 Å². The quantitative estimate of drug-likeness (QED) is 0.801. The molecule has 98 valence electrons. The number of nitrogens with one attached hydrogen (secondary N) is 2. The molecule has 0 saturated carbocycles. The highest BCUT2D eigenvalue weighted by Gasteiger charge is 2.17. The average Bonchev–Trinajstić information content (AvgIpc) is 2.34. The van der Waals surface area contributed by atoms with E-state index in [2.05, 4.69) is 18.3 Å². The second kappa shape index (κ2) is 5.98. The molecule has 1 aromatic rings. The first kappa shape index (κ1) is 13.1. The minimum Gasteiger partial charge on any atom is -0.370 e. The molecule has 1 saturated heterocycles. The van der Waals surface area contributed by atoms with E-state index in [9.17, 15) is 4.79 Å². The lowest BCUT2D eigenvalue weighted by molar-refractivity contribution is -0.899. The zero-order valence-corrected chi connectivity index (χ0v) is 11.1. The van der Waals surface area contributed by atoms with Crippen LogP contribution < -0.4 is 10.2 Å². The molecule has 0 atom stereocenters.